The van der Waals surface area contributed by atoms with Gasteiger partial charge in [0.1, 0.15) is 13.2 Å². The van der Waals surface area contributed by atoms with Crippen molar-refractivity contribution in [3.63, 3.8) is 0 Å². The summed E-state index contributed by atoms with van der Waals surface area (Å²) in [6.45, 7) is -0.540. The van der Waals surface area contributed by atoms with E-state index in [0.717, 1.165) is 48.5 Å². The van der Waals surface area contributed by atoms with Gasteiger partial charge in [0.15, 0.2) is 5.41 Å². The summed E-state index contributed by atoms with van der Waals surface area (Å²) in [4.78, 5) is 46.1. The fraction of sp³-hybridized carbons (Fsp3) is 0.212. The zero-order valence-electron chi connectivity index (χ0n) is 24.0. The van der Waals surface area contributed by atoms with Crippen molar-refractivity contribution in [2.24, 2.45) is 5.41 Å². The third-order valence-corrected chi connectivity index (χ3v) is 8.16. The van der Waals surface area contributed by atoms with E-state index in [1.807, 2.05) is 0 Å². The Hall–Kier alpha value is -4.38. The van der Waals surface area contributed by atoms with Gasteiger partial charge in [-0.2, -0.15) is 22.0 Å². The Balaban J connectivity index is 1.76. The maximum atomic E-state index is 14.3. The van der Waals surface area contributed by atoms with Crippen LogP contribution in [0.2, 0.25) is 0 Å². The Kier molecular flexibility index (Phi) is 10.5. The molecule has 0 saturated carbocycles. The van der Waals surface area contributed by atoms with Crippen LogP contribution in [0.4, 0.5) is 22.0 Å². The Morgan fingerprint density at radius 1 is 0.565 bits per heavy atom. The van der Waals surface area contributed by atoms with Gasteiger partial charge in [0.05, 0.1) is 5.56 Å². The molecule has 0 aliphatic heterocycles. The first kappa shape index (κ1) is 34.5. The molecule has 0 fully saturated rings. The molecule has 0 saturated heterocycles. The molecule has 0 radical (unpaired) electrons. The second-order valence-corrected chi connectivity index (χ2v) is 12.2. The fourth-order valence-electron chi connectivity index (χ4n) is 4.66. The number of carbonyl (C=O) groups excluding carboxylic acids is 2. The number of hydrogen-bond donors (Lipinski definition) is 2. The number of ether oxygens (including phenoxy) is 2. The van der Waals surface area contributed by atoms with E-state index < -0.39 is 60.8 Å². The first-order valence-corrected chi connectivity index (χ1v) is 15.3. The molecule has 4 rings (SSSR count). The van der Waals surface area contributed by atoms with Crippen LogP contribution >= 0.6 is 7.60 Å². The van der Waals surface area contributed by atoms with Gasteiger partial charge in [0.25, 0.3) is 0 Å². The Labute approximate surface area is 260 Å². The van der Waals surface area contributed by atoms with Crippen LogP contribution in [0.25, 0.3) is 0 Å². The summed E-state index contributed by atoms with van der Waals surface area (Å²) < 4.78 is 90.9. The smallest absolute Gasteiger partial charge is 0.416 e. The van der Waals surface area contributed by atoms with Crippen molar-refractivity contribution >= 4 is 19.5 Å². The number of alkyl halides is 5. The van der Waals surface area contributed by atoms with E-state index in [1.165, 1.54) is 0 Å². The molecule has 0 aliphatic rings. The van der Waals surface area contributed by atoms with Crippen molar-refractivity contribution in [3.05, 3.63) is 143 Å². The first-order valence-electron chi connectivity index (χ1n) is 13.7. The quantitative estimate of drug-likeness (QED) is 0.0715. The minimum Gasteiger partial charge on any atom is -0.460 e. The molecule has 242 valence electrons. The first-order chi connectivity index (χ1) is 21.6. The van der Waals surface area contributed by atoms with Gasteiger partial charge in [-0.25, -0.2) is 0 Å². The standard InChI is InChI=1S/C33H28F5O7P/c34-32(35,36)27-15-11-23(12-16-27)19-31(29(39)44-21-25-7-3-1-4-8-25,30(40)45-22-26-9-5-2-6-10-26)20-24-13-17-28(18-14-24)33(37,38)46(41,42)43/h1-18H,19-22H2,(H2,41,42,43). The van der Waals surface area contributed by atoms with Crippen LogP contribution in [0.15, 0.2) is 109 Å². The Morgan fingerprint density at radius 2 is 0.935 bits per heavy atom. The van der Waals surface area contributed by atoms with Crippen molar-refractivity contribution in [2.75, 3.05) is 0 Å². The molecule has 0 aliphatic carbocycles. The fourth-order valence-corrected chi connectivity index (χ4v) is 5.14. The lowest BCUT2D eigenvalue weighted by Crippen LogP contribution is -2.45. The summed E-state index contributed by atoms with van der Waals surface area (Å²) >= 11 is 0. The number of hydrogen-bond acceptors (Lipinski definition) is 5. The molecular weight excluding hydrogens is 634 g/mol. The second-order valence-electron chi connectivity index (χ2n) is 10.5. The lowest BCUT2D eigenvalue weighted by Gasteiger charge is -2.30. The molecule has 2 N–H and O–H groups in total. The van der Waals surface area contributed by atoms with Gasteiger partial charge >= 0.3 is 31.4 Å². The van der Waals surface area contributed by atoms with E-state index in [-0.39, 0.29) is 24.3 Å². The summed E-state index contributed by atoms with van der Waals surface area (Å²) in [5, 5.41) is 0. The second kappa shape index (κ2) is 13.9. The van der Waals surface area contributed by atoms with E-state index in [0.29, 0.717) is 11.1 Å². The highest BCUT2D eigenvalue weighted by molar-refractivity contribution is 7.52. The van der Waals surface area contributed by atoms with E-state index in [1.54, 1.807) is 60.7 Å². The number of benzene rings is 4. The van der Waals surface area contributed by atoms with E-state index in [4.69, 9.17) is 19.3 Å². The van der Waals surface area contributed by atoms with E-state index in [2.05, 4.69) is 0 Å². The van der Waals surface area contributed by atoms with Gasteiger partial charge in [0.2, 0.25) is 0 Å². The molecule has 0 unspecified atom stereocenters. The molecule has 7 nitrogen and oxygen atoms in total. The summed E-state index contributed by atoms with van der Waals surface area (Å²) in [6.07, 6.45) is -5.65. The van der Waals surface area contributed by atoms with Gasteiger partial charge in [-0.3, -0.25) is 14.2 Å². The van der Waals surface area contributed by atoms with Crippen molar-refractivity contribution < 1.29 is 55.4 Å². The summed E-state index contributed by atoms with van der Waals surface area (Å²) in [5.41, 5.74) is -7.31. The largest absolute Gasteiger partial charge is 0.460 e. The predicted molar refractivity (Wildman–Crippen MR) is 156 cm³/mol. The average molecular weight is 663 g/mol. The SMILES string of the molecule is O=C(OCc1ccccc1)C(Cc1ccc(C(F)(F)F)cc1)(Cc1ccc(C(F)(F)P(=O)(O)O)cc1)C(=O)OCc1ccccc1. The average Bonchev–Trinajstić information content (AvgIpc) is 3.02. The van der Waals surface area contributed by atoms with E-state index >= 15 is 0 Å². The molecule has 0 bridgehead atoms. The van der Waals surface area contributed by atoms with Crippen molar-refractivity contribution in [1.29, 1.82) is 0 Å². The predicted octanol–water partition coefficient (Wildman–Crippen LogP) is 7.19. The van der Waals surface area contributed by atoms with Gasteiger partial charge in [-0.1, -0.05) is 97.1 Å². The topological polar surface area (TPSA) is 110 Å². The third kappa shape index (κ3) is 8.25. The normalized spacial score (nSPS) is 12.4. The lowest BCUT2D eigenvalue weighted by molar-refractivity contribution is -0.174. The molecule has 0 amide bonds. The van der Waals surface area contributed by atoms with Gasteiger partial charge < -0.3 is 19.3 Å². The molecule has 0 atom stereocenters. The Morgan fingerprint density at radius 3 is 1.28 bits per heavy atom. The molecule has 46 heavy (non-hydrogen) atoms. The molecule has 4 aromatic rings. The van der Waals surface area contributed by atoms with Crippen LogP contribution in [-0.4, -0.2) is 21.7 Å². The highest BCUT2D eigenvalue weighted by atomic mass is 31.2. The minimum atomic E-state index is -5.88. The summed E-state index contributed by atoms with van der Waals surface area (Å²) in [7, 11) is -5.88. The summed E-state index contributed by atoms with van der Waals surface area (Å²) in [6, 6.07) is 24.4. The number of esters is 2. The van der Waals surface area contributed by atoms with Crippen LogP contribution in [0.5, 0.6) is 0 Å². The van der Waals surface area contributed by atoms with Gasteiger partial charge in [-0.05, 0) is 47.2 Å². The van der Waals surface area contributed by atoms with Crippen LogP contribution in [0, 0.1) is 5.41 Å². The Bertz CT molecular complexity index is 1620. The number of rotatable bonds is 12. The van der Waals surface area contributed by atoms with Gasteiger partial charge in [-0.15, -0.1) is 0 Å². The molecule has 4 aromatic carbocycles. The van der Waals surface area contributed by atoms with Crippen molar-refractivity contribution in [3.8, 4) is 0 Å². The molecular formula is C33H28F5O7P. The maximum Gasteiger partial charge on any atom is 0.416 e. The van der Waals surface area contributed by atoms with Crippen molar-refractivity contribution in [2.45, 2.75) is 37.9 Å². The minimum absolute atomic E-state index is 0.102. The maximum absolute atomic E-state index is 14.3. The molecule has 13 heteroatoms. The zero-order chi connectivity index (χ0) is 33.6. The highest BCUT2D eigenvalue weighted by Gasteiger charge is 2.51. The van der Waals surface area contributed by atoms with Gasteiger partial charge in [0, 0.05) is 5.56 Å². The molecule has 0 spiro atoms. The monoisotopic (exact) mass is 662 g/mol. The molecule has 0 aromatic heterocycles. The third-order valence-electron chi connectivity index (χ3n) is 7.17. The molecule has 0 heterocycles. The van der Waals surface area contributed by atoms with Crippen LogP contribution < -0.4 is 0 Å². The van der Waals surface area contributed by atoms with E-state index in [9.17, 15) is 36.1 Å². The van der Waals surface area contributed by atoms with Crippen LogP contribution in [-0.2, 0) is 61.5 Å². The van der Waals surface area contributed by atoms with Crippen molar-refractivity contribution in [1.82, 2.24) is 0 Å². The number of carbonyl (C=O) groups is 2. The lowest BCUT2D eigenvalue weighted by atomic mass is 9.76. The zero-order valence-corrected chi connectivity index (χ0v) is 24.9. The van der Waals surface area contributed by atoms with Crippen LogP contribution in [0.1, 0.15) is 33.4 Å². The summed E-state index contributed by atoms with van der Waals surface area (Å²) in [5.74, 6) is -2.17. The number of halogens is 5. The highest BCUT2D eigenvalue weighted by Crippen LogP contribution is 2.59. The van der Waals surface area contributed by atoms with Crippen LogP contribution in [0.3, 0.4) is 0 Å².